The van der Waals surface area contributed by atoms with Crippen molar-refractivity contribution in [2.75, 3.05) is 33.7 Å². The largest absolute Gasteiger partial charge is 0.320 e. The van der Waals surface area contributed by atoms with Gasteiger partial charge in [0.1, 0.15) is 0 Å². The number of hydrogen-bond donors (Lipinski definition) is 1. The van der Waals surface area contributed by atoms with Crippen molar-refractivity contribution >= 4 is 0 Å². The molecule has 0 atom stereocenters. The average Bonchev–Trinajstić information content (AvgIpc) is 2.13. The molecule has 0 aliphatic rings. The maximum atomic E-state index is 3.18. The summed E-state index contributed by atoms with van der Waals surface area (Å²) in [7, 11) is 4.25. The van der Waals surface area contributed by atoms with Gasteiger partial charge in [0.15, 0.2) is 0 Å². The molecular weight excluding hydrogens is 160 g/mol. The van der Waals surface area contributed by atoms with E-state index in [9.17, 15) is 0 Å². The normalized spacial score (nSPS) is 11.1. The Balaban J connectivity index is 3.05. The summed E-state index contributed by atoms with van der Waals surface area (Å²) in [6, 6.07) is 0. The van der Waals surface area contributed by atoms with E-state index in [0.29, 0.717) is 0 Å². The highest BCUT2D eigenvalue weighted by Crippen LogP contribution is 1.98. The molecule has 13 heavy (non-hydrogen) atoms. The summed E-state index contributed by atoms with van der Waals surface area (Å²) < 4.78 is 0. The lowest BCUT2D eigenvalue weighted by Crippen LogP contribution is -2.21. The van der Waals surface area contributed by atoms with Crippen molar-refractivity contribution in [3.8, 4) is 0 Å². The second-order valence-electron chi connectivity index (χ2n) is 3.82. The molecule has 2 nitrogen and oxygen atoms in total. The Morgan fingerprint density at radius 2 is 1.62 bits per heavy atom. The monoisotopic (exact) mass is 186 g/mol. The van der Waals surface area contributed by atoms with E-state index in [1.807, 2.05) is 7.05 Å². The van der Waals surface area contributed by atoms with Gasteiger partial charge in [0.2, 0.25) is 0 Å². The van der Waals surface area contributed by atoms with Gasteiger partial charge in [0, 0.05) is 0 Å². The Bertz CT molecular complexity index is 94.1. The van der Waals surface area contributed by atoms with Crippen LogP contribution in [0, 0.1) is 0 Å². The van der Waals surface area contributed by atoms with Crippen molar-refractivity contribution in [1.29, 1.82) is 0 Å². The molecule has 0 aliphatic heterocycles. The first kappa shape index (κ1) is 12.9. The number of hydrogen-bond acceptors (Lipinski definition) is 2. The summed E-state index contributed by atoms with van der Waals surface area (Å²) in [6.45, 7) is 5.94. The van der Waals surface area contributed by atoms with Gasteiger partial charge < -0.3 is 10.2 Å². The van der Waals surface area contributed by atoms with Crippen LogP contribution in [0.15, 0.2) is 0 Å². The molecule has 0 aromatic rings. The fraction of sp³-hybridized carbons (Fsp3) is 1.00. The highest BCUT2D eigenvalue weighted by atomic mass is 15.1. The molecule has 0 heterocycles. The third-order valence-electron chi connectivity index (χ3n) is 2.36. The number of unbranched alkanes of at least 4 members (excludes halogenated alkanes) is 3. The van der Waals surface area contributed by atoms with Crippen molar-refractivity contribution in [3.05, 3.63) is 0 Å². The van der Waals surface area contributed by atoms with Crippen molar-refractivity contribution < 1.29 is 0 Å². The molecule has 1 N–H and O–H groups in total. The fourth-order valence-electron chi connectivity index (χ4n) is 1.43. The van der Waals surface area contributed by atoms with Crippen LogP contribution >= 0.6 is 0 Å². The van der Waals surface area contributed by atoms with Crippen LogP contribution in [-0.4, -0.2) is 38.6 Å². The standard InChI is InChI=1S/C11H26N2/c1-4-5-7-10-13(3)11-8-6-9-12-2/h12H,4-11H2,1-3H3. The van der Waals surface area contributed by atoms with Gasteiger partial charge in [0.25, 0.3) is 0 Å². The first-order valence-corrected chi connectivity index (χ1v) is 5.64. The van der Waals surface area contributed by atoms with Gasteiger partial charge in [-0.15, -0.1) is 0 Å². The van der Waals surface area contributed by atoms with Crippen molar-refractivity contribution in [3.63, 3.8) is 0 Å². The Labute approximate surface area is 83.7 Å². The molecule has 2 heteroatoms. The van der Waals surface area contributed by atoms with Crippen molar-refractivity contribution in [1.82, 2.24) is 10.2 Å². The summed E-state index contributed by atoms with van der Waals surface area (Å²) in [5, 5.41) is 3.18. The smallest absolute Gasteiger partial charge is 0.00213 e. The quantitative estimate of drug-likeness (QED) is 0.555. The molecule has 0 unspecified atom stereocenters. The highest BCUT2D eigenvalue weighted by molar-refractivity contribution is 4.53. The molecule has 0 saturated heterocycles. The zero-order chi connectivity index (χ0) is 9.94. The second-order valence-corrected chi connectivity index (χ2v) is 3.82. The molecule has 0 radical (unpaired) electrons. The van der Waals surface area contributed by atoms with Gasteiger partial charge in [-0.05, 0) is 53.0 Å². The minimum atomic E-state index is 1.16. The Hall–Kier alpha value is -0.0800. The lowest BCUT2D eigenvalue weighted by molar-refractivity contribution is 0.317. The minimum absolute atomic E-state index is 1.16. The molecule has 80 valence electrons. The van der Waals surface area contributed by atoms with Gasteiger partial charge in [-0.25, -0.2) is 0 Å². The number of nitrogens with one attached hydrogen (secondary N) is 1. The van der Waals surface area contributed by atoms with Crippen LogP contribution in [0.3, 0.4) is 0 Å². The van der Waals surface area contributed by atoms with Crippen molar-refractivity contribution in [2.24, 2.45) is 0 Å². The summed E-state index contributed by atoms with van der Waals surface area (Å²) in [5.41, 5.74) is 0. The number of nitrogens with zero attached hydrogens (tertiary/aromatic N) is 1. The van der Waals surface area contributed by atoms with E-state index in [0.717, 1.165) is 6.54 Å². The van der Waals surface area contributed by atoms with Gasteiger partial charge in [-0.3, -0.25) is 0 Å². The fourth-order valence-corrected chi connectivity index (χ4v) is 1.43. The van der Waals surface area contributed by atoms with E-state index in [-0.39, 0.29) is 0 Å². The molecule has 0 bridgehead atoms. The Morgan fingerprint density at radius 1 is 1.00 bits per heavy atom. The average molecular weight is 186 g/mol. The van der Waals surface area contributed by atoms with Gasteiger partial charge in [-0.2, -0.15) is 0 Å². The van der Waals surface area contributed by atoms with Crippen LogP contribution < -0.4 is 5.32 Å². The first-order valence-electron chi connectivity index (χ1n) is 5.64. The molecule has 0 rings (SSSR count). The highest BCUT2D eigenvalue weighted by Gasteiger charge is 1.96. The van der Waals surface area contributed by atoms with Crippen LogP contribution in [0.1, 0.15) is 39.0 Å². The molecule has 0 fully saturated rings. The molecule has 0 saturated carbocycles. The maximum absolute atomic E-state index is 3.18. The first-order chi connectivity index (χ1) is 6.31. The van der Waals surface area contributed by atoms with Gasteiger partial charge >= 0.3 is 0 Å². The molecule has 0 spiro atoms. The Kier molecular flexibility index (Phi) is 9.94. The molecule has 0 aliphatic carbocycles. The van der Waals surface area contributed by atoms with Crippen LogP contribution in [0.5, 0.6) is 0 Å². The molecular formula is C11H26N2. The topological polar surface area (TPSA) is 15.3 Å². The van der Waals surface area contributed by atoms with E-state index >= 15 is 0 Å². The summed E-state index contributed by atoms with van der Waals surface area (Å²) >= 11 is 0. The van der Waals surface area contributed by atoms with E-state index in [1.165, 1.54) is 45.2 Å². The SMILES string of the molecule is CCCCCN(C)CCCCNC. The van der Waals surface area contributed by atoms with Crippen LogP contribution in [0.2, 0.25) is 0 Å². The van der Waals surface area contributed by atoms with Gasteiger partial charge in [-0.1, -0.05) is 19.8 Å². The number of rotatable bonds is 9. The van der Waals surface area contributed by atoms with E-state index in [4.69, 9.17) is 0 Å². The maximum Gasteiger partial charge on any atom is -0.00213 e. The Morgan fingerprint density at radius 3 is 2.15 bits per heavy atom. The summed E-state index contributed by atoms with van der Waals surface area (Å²) in [6.07, 6.45) is 6.69. The zero-order valence-electron chi connectivity index (χ0n) is 9.60. The molecule has 0 amide bonds. The summed E-state index contributed by atoms with van der Waals surface area (Å²) in [5.74, 6) is 0. The minimum Gasteiger partial charge on any atom is -0.320 e. The summed E-state index contributed by atoms with van der Waals surface area (Å²) in [4.78, 5) is 2.45. The van der Waals surface area contributed by atoms with E-state index in [2.05, 4.69) is 24.2 Å². The predicted molar refractivity (Wildman–Crippen MR) is 60.2 cm³/mol. The second kappa shape index (κ2) is 10.0. The van der Waals surface area contributed by atoms with Crippen LogP contribution in [0.25, 0.3) is 0 Å². The van der Waals surface area contributed by atoms with Crippen molar-refractivity contribution in [2.45, 2.75) is 39.0 Å². The predicted octanol–water partition coefficient (Wildman–Crippen LogP) is 2.11. The van der Waals surface area contributed by atoms with E-state index in [1.54, 1.807) is 0 Å². The molecule has 0 aromatic heterocycles. The zero-order valence-corrected chi connectivity index (χ0v) is 9.60. The third kappa shape index (κ3) is 9.84. The lowest BCUT2D eigenvalue weighted by Gasteiger charge is -2.15. The molecule has 0 aromatic carbocycles. The lowest BCUT2D eigenvalue weighted by atomic mass is 10.2. The van der Waals surface area contributed by atoms with E-state index < -0.39 is 0 Å². The third-order valence-corrected chi connectivity index (χ3v) is 2.36. The van der Waals surface area contributed by atoms with Crippen LogP contribution in [0.4, 0.5) is 0 Å². The van der Waals surface area contributed by atoms with Crippen LogP contribution in [-0.2, 0) is 0 Å². The van der Waals surface area contributed by atoms with Gasteiger partial charge in [0.05, 0.1) is 0 Å².